The Balaban J connectivity index is 2.04. The maximum Gasteiger partial charge on any atom is 0.0303 e. The van der Waals surface area contributed by atoms with Crippen molar-refractivity contribution < 1.29 is 0 Å². The topological polar surface area (TPSA) is 16.1 Å². The lowest BCUT2D eigenvalue weighted by molar-refractivity contribution is 0.218. The summed E-state index contributed by atoms with van der Waals surface area (Å²) < 4.78 is 0. The molecule has 2 heteroatoms. The second-order valence-electron chi connectivity index (χ2n) is 4.02. The summed E-state index contributed by atoms with van der Waals surface area (Å²) in [5.74, 6) is 0.706. The molecule has 1 atom stereocenters. The summed E-state index contributed by atoms with van der Waals surface area (Å²) in [6.07, 6.45) is 6.52. The highest BCUT2D eigenvalue weighted by atomic mass is 15.1. The van der Waals surface area contributed by atoms with E-state index in [-0.39, 0.29) is 0 Å². The molecule has 1 unspecified atom stereocenters. The molecule has 2 heterocycles. The molecule has 0 N–H and O–H groups in total. The van der Waals surface area contributed by atoms with Crippen LogP contribution in [0, 0.1) is 0 Å². The summed E-state index contributed by atoms with van der Waals surface area (Å²) in [5, 5.41) is 0. The average molecular weight is 190 g/mol. The first-order valence-electron chi connectivity index (χ1n) is 5.52. The molecule has 1 aromatic heterocycles. The average Bonchev–Trinajstić information content (AvgIpc) is 2.30. The van der Waals surface area contributed by atoms with Crippen LogP contribution >= 0.6 is 0 Å². The van der Waals surface area contributed by atoms with Gasteiger partial charge in [-0.05, 0) is 43.5 Å². The molecule has 1 aliphatic heterocycles. The van der Waals surface area contributed by atoms with Crippen LogP contribution in [0.5, 0.6) is 0 Å². The summed E-state index contributed by atoms with van der Waals surface area (Å²) in [6.45, 7) is 5.90. The van der Waals surface area contributed by atoms with E-state index >= 15 is 0 Å². The predicted molar refractivity (Wildman–Crippen MR) is 58.3 cm³/mol. The largest absolute Gasteiger partial charge is 0.303 e. The molecule has 0 radical (unpaired) electrons. The van der Waals surface area contributed by atoms with Gasteiger partial charge >= 0.3 is 0 Å². The van der Waals surface area contributed by atoms with Gasteiger partial charge in [0.1, 0.15) is 0 Å². The van der Waals surface area contributed by atoms with E-state index in [1.54, 1.807) is 0 Å². The van der Waals surface area contributed by atoms with Crippen molar-refractivity contribution in [3.63, 3.8) is 0 Å². The first-order valence-corrected chi connectivity index (χ1v) is 5.52. The molecular formula is C12H18N2. The fraction of sp³-hybridized carbons (Fsp3) is 0.583. The van der Waals surface area contributed by atoms with Gasteiger partial charge in [0.15, 0.2) is 0 Å². The van der Waals surface area contributed by atoms with Crippen molar-refractivity contribution >= 4 is 0 Å². The highest BCUT2D eigenvalue weighted by molar-refractivity contribution is 5.15. The molecule has 2 rings (SSSR count). The van der Waals surface area contributed by atoms with E-state index in [9.17, 15) is 0 Å². The van der Waals surface area contributed by atoms with Crippen LogP contribution in [-0.4, -0.2) is 29.5 Å². The zero-order valence-electron chi connectivity index (χ0n) is 8.82. The smallest absolute Gasteiger partial charge is 0.0303 e. The van der Waals surface area contributed by atoms with Gasteiger partial charge in [-0.1, -0.05) is 13.0 Å². The van der Waals surface area contributed by atoms with Crippen molar-refractivity contribution in [1.82, 2.24) is 9.88 Å². The molecule has 1 aromatic rings. The maximum atomic E-state index is 4.19. The first kappa shape index (κ1) is 9.66. The molecule has 76 valence electrons. The molecule has 1 saturated heterocycles. The second-order valence-corrected chi connectivity index (χ2v) is 4.02. The Morgan fingerprint density at radius 1 is 1.57 bits per heavy atom. The molecule has 0 spiro atoms. The quantitative estimate of drug-likeness (QED) is 0.711. The van der Waals surface area contributed by atoms with Gasteiger partial charge in [0.2, 0.25) is 0 Å². The van der Waals surface area contributed by atoms with Crippen molar-refractivity contribution in [1.29, 1.82) is 0 Å². The number of hydrogen-bond donors (Lipinski definition) is 0. The molecule has 0 aromatic carbocycles. The van der Waals surface area contributed by atoms with Crippen LogP contribution in [0.1, 0.15) is 31.2 Å². The zero-order chi connectivity index (χ0) is 9.80. The molecule has 14 heavy (non-hydrogen) atoms. The Bertz CT molecular complexity index is 271. The highest BCUT2D eigenvalue weighted by Crippen LogP contribution is 2.25. The summed E-state index contributed by atoms with van der Waals surface area (Å²) in [7, 11) is 0. The summed E-state index contributed by atoms with van der Waals surface area (Å²) in [4.78, 5) is 6.72. The molecule has 0 saturated carbocycles. The Kier molecular flexibility index (Phi) is 3.14. The normalized spacial score (nSPS) is 23.6. The Morgan fingerprint density at radius 2 is 2.50 bits per heavy atom. The Morgan fingerprint density at radius 3 is 3.21 bits per heavy atom. The molecule has 0 bridgehead atoms. The highest BCUT2D eigenvalue weighted by Gasteiger charge is 2.19. The van der Waals surface area contributed by atoms with Crippen molar-refractivity contribution in [2.45, 2.75) is 25.7 Å². The molecule has 1 aliphatic rings. The minimum absolute atomic E-state index is 0.706. The lowest BCUT2D eigenvalue weighted by atomic mass is 9.92. The predicted octanol–water partition coefficient (Wildman–Crippen LogP) is 2.28. The Hall–Kier alpha value is -0.890. The summed E-state index contributed by atoms with van der Waals surface area (Å²) >= 11 is 0. The lowest BCUT2D eigenvalue weighted by Gasteiger charge is -2.31. The fourth-order valence-electron chi connectivity index (χ4n) is 2.23. The van der Waals surface area contributed by atoms with E-state index in [2.05, 4.69) is 22.9 Å². The van der Waals surface area contributed by atoms with Crippen molar-refractivity contribution in [2.24, 2.45) is 0 Å². The van der Waals surface area contributed by atoms with Gasteiger partial charge in [0.05, 0.1) is 0 Å². The SMILES string of the molecule is CCN1CCCC(c2cccnc2)C1. The van der Waals surface area contributed by atoms with E-state index < -0.39 is 0 Å². The standard InChI is InChI=1S/C12H18N2/c1-2-14-8-4-6-12(10-14)11-5-3-7-13-9-11/h3,5,7,9,12H,2,4,6,8,10H2,1H3. The van der Waals surface area contributed by atoms with Crippen LogP contribution in [0.3, 0.4) is 0 Å². The van der Waals surface area contributed by atoms with Crippen LogP contribution in [0.2, 0.25) is 0 Å². The van der Waals surface area contributed by atoms with Crippen LogP contribution < -0.4 is 0 Å². The molecule has 1 fully saturated rings. The van der Waals surface area contributed by atoms with Gasteiger partial charge < -0.3 is 4.90 Å². The number of pyridine rings is 1. The fourth-order valence-corrected chi connectivity index (χ4v) is 2.23. The van der Waals surface area contributed by atoms with Crippen molar-refractivity contribution in [3.05, 3.63) is 30.1 Å². The van der Waals surface area contributed by atoms with Crippen molar-refractivity contribution in [3.8, 4) is 0 Å². The van der Waals surface area contributed by atoms with Gasteiger partial charge in [-0.2, -0.15) is 0 Å². The first-order chi connectivity index (χ1) is 6.90. The van der Waals surface area contributed by atoms with Crippen LogP contribution in [-0.2, 0) is 0 Å². The van der Waals surface area contributed by atoms with Gasteiger partial charge in [0.25, 0.3) is 0 Å². The number of nitrogens with zero attached hydrogens (tertiary/aromatic N) is 2. The third-order valence-electron chi connectivity index (χ3n) is 3.11. The van der Waals surface area contributed by atoms with E-state index in [4.69, 9.17) is 0 Å². The monoisotopic (exact) mass is 190 g/mol. The van der Waals surface area contributed by atoms with E-state index in [0.29, 0.717) is 5.92 Å². The van der Waals surface area contributed by atoms with Gasteiger partial charge in [-0.25, -0.2) is 0 Å². The minimum atomic E-state index is 0.706. The number of likely N-dealkylation sites (tertiary alicyclic amines) is 1. The third-order valence-corrected chi connectivity index (χ3v) is 3.11. The van der Waals surface area contributed by atoms with Crippen LogP contribution in [0.4, 0.5) is 0 Å². The van der Waals surface area contributed by atoms with E-state index in [0.717, 1.165) is 0 Å². The molecule has 2 nitrogen and oxygen atoms in total. The maximum absolute atomic E-state index is 4.19. The van der Waals surface area contributed by atoms with Crippen LogP contribution in [0.15, 0.2) is 24.5 Å². The zero-order valence-corrected chi connectivity index (χ0v) is 8.82. The third kappa shape index (κ3) is 2.13. The minimum Gasteiger partial charge on any atom is -0.303 e. The summed E-state index contributed by atoms with van der Waals surface area (Å²) in [6, 6.07) is 4.25. The number of aromatic nitrogens is 1. The van der Waals surface area contributed by atoms with Gasteiger partial charge in [-0.15, -0.1) is 0 Å². The number of rotatable bonds is 2. The molecule has 0 amide bonds. The summed E-state index contributed by atoms with van der Waals surface area (Å²) in [5.41, 5.74) is 1.41. The van der Waals surface area contributed by atoms with E-state index in [1.165, 1.54) is 38.0 Å². The number of likely N-dealkylation sites (N-methyl/N-ethyl adjacent to an activating group) is 1. The van der Waals surface area contributed by atoms with Crippen molar-refractivity contribution in [2.75, 3.05) is 19.6 Å². The van der Waals surface area contributed by atoms with E-state index in [1.807, 2.05) is 18.5 Å². The number of hydrogen-bond acceptors (Lipinski definition) is 2. The van der Waals surface area contributed by atoms with Gasteiger partial charge in [0, 0.05) is 18.9 Å². The molecular weight excluding hydrogens is 172 g/mol. The van der Waals surface area contributed by atoms with Gasteiger partial charge in [-0.3, -0.25) is 4.98 Å². The van der Waals surface area contributed by atoms with Crippen LogP contribution in [0.25, 0.3) is 0 Å². The second kappa shape index (κ2) is 4.56. The number of piperidine rings is 1. The molecule has 0 aliphatic carbocycles. The lowest BCUT2D eigenvalue weighted by Crippen LogP contribution is -2.34. The Labute approximate surface area is 86.0 Å².